The van der Waals surface area contributed by atoms with Gasteiger partial charge in [-0.3, -0.25) is 14.5 Å². The van der Waals surface area contributed by atoms with Crippen LogP contribution in [0.4, 0.5) is 0 Å². The van der Waals surface area contributed by atoms with Crippen molar-refractivity contribution in [2.24, 2.45) is 5.92 Å². The largest absolute Gasteiger partial charge is 0.496 e. The highest BCUT2D eigenvalue weighted by atomic mass is 35.5. The van der Waals surface area contributed by atoms with Crippen LogP contribution < -0.4 is 9.47 Å². The molecule has 0 bridgehead atoms. The standard InChI is InChI=1S/C37H48ClN5O5/c1-26-8-4-5-9-32(26)33-10-6-13-37(27(33)2,48-17-7-14-43-22-29(39-40-43)21-42-16-12-31(45)24-42)25-47-36-19-35(46-3)28(18-34(36)38)20-41-15-11-30(44)23-41/h4-6,8-10,13,18-19,22,27,30-31,44-45H,7,11-12,14-17,20-21,23-25H2,1-3H3/t27?,30-,31-,37?/m1/s1. The van der Waals surface area contributed by atoms with Gasteiger partial charge in [0, 0.05) is 76.2 Å². The number of aryl methyl sites for hydroxylation is 2. The summed E-state index contributed by atoms with van der Waals surface area (Å²) in [5.74, 6) is 1.22. The molecule has 10 nitrogen and oxygen atoms in total. The lowest BCUT2D eigenvalue weighted by Crippen LogP contribution is -2.45. The zero-order chi connectivity index (χ0) is 33.7. The second-order valence-corrected chi connectivity index (χ2v) is 13.8. The van der Waals surface area contributed by atoms with Crippen LogP contribution in [0.2, 0.25) is 5.02 Å². The summed E-state index contributed by atoms with van der Waals surface area (Å²) < 4.78 is 21.0. The number of hydrogen-bond acceptors (Lipinski definition) is 9. The van der Waals surface area contributed by atoms with E-state index >= 15 is 0 Å². The van der Waals surface area contributed by atoms with Crippen molar-refractivity contribution in [3.63, 3.8) is 0 Å². The number of β-amino-alcohol motifs (C(OH)–C–C–N with tert-alkyl or cyclic N) is 2. The number of allylic oxidation sites excluding steroid dienone is 2. The van der Waals surface area contributed by atoms with Gasteiger partial charge in [-0.25, -0.2) is 0 Å². The van der Waals surface area contributed by atoms with Gasteiger partial charge in [0.25, 0.3) is 0 Å². The molecule has 48 heavy (non-hydrogen) atoms. The van der Waals surface area contributed by atoms with E-state index < -0.39 is 5.60 Å². The second kappa shape index (κ2) is 15.5. The number of benzene rings is 2. The van der Waals surface area contributed by atoms with Crippen molar-refractivity contribution < 1.29 is 24.4 Å². The lowest BCUT2D eigenvalue weighted by Gasteiger charge is -2.40. The molecule has 0 saturated carbocycles. The second-order valence-electron chi connectivity index (χ2n) is 13.4. The highest BCUT2D eigenvalue weighted by molar-refractivity contribution is 6.32. The van der Waals surface area contributed by atoms with E-state index in [1.807, 2.05) is 23.0 Å². The van der Waals surface area contributed by atoms with Gasteiger partial charge in [-0.15, -0.1) is 5.10 Å². The van der Waals surface area contributed by atoms with E-state index in [1.165, 1.54) is 16.7 Å². The minimum atomic E-state index is -0.753. The van der Waals surface area contributed by atoms with Crippen LogP contribution >= 0.6 is 11.6 Å². The predicted molar refractivity (Wildman–Crippen MR) is 186 cm³/mol. The molecule has 11 heteroatoms. The van der Waals surface area contributed by atoms with Crippen molar-refractivity contribution in [3.8, 4) is 11.5 Å². The highest BCUT2D eigenvalue weighted by Gasteiger charge is 2.40. The summed E-state index contributed by atoms with van der Waals surface area (Å²) in [6.45, 7) is 10.1. The Labute approximate surface area is 288 Å². The number of likely N-dealkylation sites (tertiary alicyclic amines) is 2. The van der Waals surface area contributed by atoms with Crippen LogP contribution in [0.25, 0.3) is 5.57 Å². The Morgan fingerprint density at radius 2 is 1.77 bits per heavy atom. The van der Waals surface area contributed by atoms with Crippen LogP contribution in [0.3, 0.4) is 0 Å². The third-order valence-corrected chi connectivity index (χ3v) is 10.2. The zero-order valence-corrected chi connectivity index (χ0v) is 29.0. The van der Waals surface area contributed by atoms with Crippen LogP contribution in [-0.2, 0) is 24.4 Å². The average Bonchev–Trinajstić information content (AvgIpc) is 3.82. The molecule has 4 atom stereocenters. The third kappa shape index (κ3) is 8.13. The number of methoxy groups -OCH3 is 1. The minimum Gasteiger partial charge on any atom is -0.496 e. The Kier molecular flexibility index (Phi) is 11.2. The maximum atomic E-state index is 9.98. The molecule has 2 N–H and O–H groups in total. The summed E-state index contributed by atoms with van der Waals surface area (Å²) in [5.41, 5.74) is 4.71. The fourth-order valence-electron chi connectivity index (χ4n) is 7.06. The van der Waals surface area contributed by atoms with E-state index in [0.717, 1.165) is 43.6 Å². The number of aromatic nitrogens is 3. The Balaban J connectivity index is 1.15. The number of aliphatic hydroxyl groups is 2. The molecule has 1 aromatic heterocycles. The molecule has 3 heterocycles. The Bertz CT molecular complexity index is 1610. The summed E-state index contributed by atoms with van der Waals surface area (Å²) in [7, 11) is 1.65. The van der Waals surface area contributed by atoms with Crippen LogP contribution in [0.15, 0.2) is 60.8 Å². The number of aliphatic hydroxyl groups excluding tert-OH is 2. The van der Waals surface area contributed by atoms with Crippen molar-refractivity contribution in [2.45, 2.75) is 70.6 Å². The van der Waals surface area contributed by atoms with Crippen molar-refractivity contribution >= 4 is 17.2 Å². The van der Waals surface area contributed by atoms with E-state index in [0.29, 0.717) is 55.9 Å². The van der Waals surface area contributed by atoms with Crippen LogP contribution in [-0.4, -0.2) is 99.3 Å². The van der Waals surface area contributed by atoms with E-state index in [4.69, 9.17) is 25.8 Å². The normalized spacial score (nSPS) is 24.7. The highest BCUT2D eigenvalue weighted by Crippen LogP contribution is 2.41. The Morgan fingerprint density at radius 3 is 2.48 bits per heavy atom. The van der Waals surface area contributed by atoms with Gasteiger partial charge in [0.15, 0.2) is 0 Å². The van der Waals surface area contributed by atoms with E-state index in [9.17, 15) is 10.2 Å². The average molecular weight is 678 g/mol. The van der Waals surface area contributed by atoms with Crippen LogP contribution in [0.1, 0.15) is 48.6 Å². The minimum absolute atomic E-state index is 0.0149. The van der Waals surface area contributed by atoms with Gasteiger partial charge < -0.3 is 24.4 Å². The number of rotatable bonds is 14. The van der Waals surface area contributed by atoms with E-state index in [1.54, 1.807) is 7.11 Å². The van der Waals surface area contributed by atoms with Crippen molar-refractivity contribution in [1.82, 2.24) is 24.8 Å². The smallest absolute Gasteiger partial charge is 0.141 e. The summed E-state index contributed by atoms with van der Waals surface area (Å²) in [6, 6.07) is 12.2. The summed E-state index contributed by atoms with van der Waals surface area (Å²) in [6.07, 6.45) is 10.1. The molecule has 3 aliphatic rings. The maximum Gasteiger partial charge on any atom is 0.141 e. The lowest BCUT2D eigenvalue weighted by molar-refractivity contribution is -0.0613. The molecular weight excluding hydrogens is 630 g/mol. The fourth-order valence-corrected chi connectivity index (χ4v) is 7.30. The molecule has 0 amide bonds. The maximum absolute atomic E-state index is 9.98. The molecule has 3 aromatic rings. The SMILES string of the molecule is COc1cc(OCC2(OCCCn3cc(CN4CC[C@@H](O)C4)nn3)C=CC=C(c3ccccc3C)C2C)c(Cl)cc1CN1CC[C@@H](O)C1. The van der Waals surface area contributed by atoms with Gasteiger partial charge in [-0.1, -0.05) is 60.2 Å². The van der Waals surface area contributed by atoms with Gasteiger partial charge in [0.2, 0.25) is 0 Å². The molecule has 2 saturated heterocycles. The van der Waals surface area contributed by atoms with Crippen molar-refractivity contribution in [1.29, 1.82) is 0 Å². The molecule has 1 aliphatic carbocycles. The fraction of sp³-hybridized carbons (Fsp3) is 0.514. The van der Waals surface area contributed by atoms with Crippen molar-refractivity contribution in [2.75, 3.05) is 46.5 Å². The summed E-state index contributed by atoms with van der Waals surface area (Å²) >= 11 is 6.82. The van der Waals surface area contributed by atoms with Crippen molar-refractivity contribution in [3.05, 3.63) is 88.2 Å². The van der Waals surface area contributed by atoms with Crippen LogP contribution in [0.5, 0.6) is 11.5 Å². The number of halogens is 1. The molecule has 258 valence electrons. The number of ether oxygens (including phenoxy) is 3. The molecule has 2 aromatic carbocycles. The first kappa shape index (κ1) is 34.6. The monoisotopic (exact) mass is 677 g/mol. The lowest BCUT2D eigenvalue weighted by atomic mass is 9.76. The number of hydrogen-bond donors (Lipinski definition) is 2. The predicted octanol–water partition coefficient (Wildman–Crippen LogP) is 4.90. The summed E-state index contributed by atoms with van der Waals surface area (Å²) in [4.78, 5) is 4.41. The molecule has 2 aliphatic heterocycles. The summed E-state index contributed by atoms with van der Waals surface area (Å²) in [5, 5.41) is 29.0. The molecular formula is C37H48ClN5O5. The third-order valence-electron chi connectivity index (χ3n) is 9.86. The van der Waals surface area contributed by atoms with Crippen LogP contribution in [0, 0.1) is 12.8 Å². The first-order valence-corrected chi connectivity index (χ1v) is 17.4. The van der Waals surface area contributed by atoms with Gasteiger partial charge in [-0.05, 0) is 55.0 Å². The van der Waals surface area contributed by atoms with Gasteiger partial charge in [0.1, 0.15) is 23.7 Å². The Morgan fingerprint density at radius 1 is 1.02 bits per heavy atom. The molecule has 0 radical (unpaired) electrons. The quantitative estimate of drug-likeness (QED) is 0.231. The topological polar surface area (TPSA) is 105 Å². The van der Waals surface area contributed by atoms with E-state index in [2.05, 4.69) is 76.5 Å². The molecule has 2 unspecified atom stereocenters. The number of nitrogens with zero attached hydrogens (tertiary/aromatic N) is 5. The molecule has 2 fully saturated rings. The Hall–Kier alpha value is -3.25. The first-order chi connectivity index (χ1) is 23.2. The van der Waals surface area contributed by atoms with Gasteiger partial charge >= 0.3 is 0 Å². The molecule has 6 rings (SSSR count). The zero-order valence-electron chi connectivity index (χ0n) is 28.2. The molecule has 0 spiro atoms. The van der Waals surface area contributed by atoms with Gasteiger partial charge in [0.05, 0.1) is 30.0 Å². The van der Waals surface area contributed by atoms with Gasteiger partial charge in [-0.2, -0.15) is 0 Å². The van der Waals surface area contributed by atoms with E-state index in [-0.39, 0.29) is 24.7 Å². The first-order valence-electron chi connectivity index (χ1n) is 17.0.